The van der Waals surface area contributed by atoms with Crippen LogP contribution in [0.4, 0.5) is 0 Å². The van der Waals surface area contributed by atoms with Crippen LogP contribution in [0.25, 0.3) is 10.9 Å². The monoisotopic (exact) mass is 207 g/mol. The SMILES string of the molecule is O=C(O)C(O)c1cc2cccc(O)c2[nH]1. The maximum atomic E-state index is 10.5. The predicted molar refractivity (Wildman–Crippen MR) is 52.6 cm³/mol. The van der Waals surface area contributed by atoms with Gasteiger partial charge in [0.25, 0.3) is 0 Å². The van der Waals surface area contributed by atoms with Crippen LogP contribution < -0.4 is 0 Å². The van der Waals surface area contributed by atoms with Gasteiger partial charge in [-0.2, -0.15) is 0 Å². The maximum Gasteiger partial charge on any atom is 0.338 e. The zero-order chi connectivity index (χ0) is 11.0. The van der Waals surface area contributed by atoms with Crippen LogP contribution in [0.5, 0.6) is 5.75 Å². The number of carboxylic acid groups (broad SMARTS) is 1. The number of aromatic hydroxyl groups is 1. The summed E-state index contributed by atoms with van der Waals surface area (Å²) in [5, 5.41) is 28.0. The number of benzene rings is 1. The third kappa shape index (κ3) is 1.53. The standard InChI is InChI=1S/C10H9NO4/c12-7-3-1-2-5-4-6(11-8(5)7)9(13)10(14)15/h1-4,9,11-13H,(H,14,15). The van der Waals surface area contributed by atoms with E-state index in [1.165, 1.54) is 12.1 Å². The number of phenolic OH excluding ortho intramolecular Hbond substituents is 1. The van der Waals surface area contributed by atoms with Gasteiger partial charge in [0.2, 0.25) is 0 Å². The van der Waals surface area contributed by atoms with Crippen molar-refractivity contribution in [1.29, 1.82) is 0 Å². The molecule has 0 aliphatic carbocycles. The molecule has 78 valence electrons. The van der Waals surface area contributed by atoms with E-state index in [0.29, 0.717) is 10.9 Å². The van der Waals surface area contributed by atoms with Gasteiger partial charge in [-0.15, -0.1) is 0 Å². The highest BCUT2D eigenvalue weighted by Gasteiger charge is 2.18. The summed E-state index contributed by atoms with van der Waals surface area (Å²) in [6.45, 7) is 0. The van der Waals surface area contributed by atoms with Crippen molar-refractivity contribution in [3.05, 3.63) is 30.0 Å². The molecular weight excluding hydrogens is 198 g/mol. The number of carboxylic acids is 1. The summed E-state index contributed by atoms with van der Waals surface area (Å²) in [6.07, 6.45) is -1.60. The minimum atomic E-state index is -1.60. The van der Waals surface area contributed by atoms with Crippen molar-refractivity contribution in [2.24, 2.45) is 0 Å². The number of H-pyrrole nitrogens is 1. The van der Waals surface area contributed by atoms with E-state index in [1.54, 1.807) is 12.1 Å². The number of fused-ring (bicyclic) bond motifs is 1. The van der Waals surface area contributed by atoms with E-state index in [9.17, 15) is 15.0 Å². The Balaban J connectivity index is 2.56. The third-order valence-electron chi connectivity index (χ3n) is 2.18. The highest BCUT2D eigenvalue weighted by molar-refractivity contribution is 5.87. The van der Waals surface area contributed by atoms with Crippen molar-refractivity contribution < 1.29 is 20.1 Å². The molecule has 1 unspecified atom stereocenters. The van der Waals surface area contributed by atoms with E-state index < -0.39 is 12.1 Å². The van der Waals surface area contributed by atoms with Crippen molar-refractivity contribution >= 4 is 16.9 Å². The first-order valence-corrected chi connectivity index (χ1v) is 4.31. The molecule has 5 heteroatoms. The topological polar surface area (TPSA) is 93.6 Å². The van der Waals surface area contributed by atoms with Crippen LogP contribution >= 0.6 is 0 Å². The molecule has 0 fully saturated rings. The molecule has 1 heterocycles. The molecule has 2 rings (SSSR count). The number of aromatic amines is 1. The van der Waals surface area contributed by atoms with Crippen molar-refractivity contribution in [1.82, 2.24) is 4.98 Å². The fourth-order valence-electron chi connectivity index (χ4n) is 1.44. The van der Waals surface area contributed by atoms with Crippen molar-refractivity contribution in [2.75, 3.05) is 0 Å². The quantitative estimate of drug-likeness (QED) is 0.590. The summed E-state index contributed by atoms with van der Waals surface area (Å²) >= 11 is 0. The van der Waals surface area contributed by atoms with E-state index in [1.807, 2.05) is 0 Å². The zero-order valence-corrected chi connectivity index (χ0v) is 7.64. The van der Waals surface area contributed by atoms with E-state index in [2.05, 4.69) is 4.98 Å². The summed E-state index contributed by atoms with van der Waals surface area (Å²) in [5.41, 5.74) is 0.576. The number of hydrogen-bond acceptors (Lipinski definition) is 3. The Kier molecular flexibility index (Phi) is 2.09. The van der Waals surface area contributed by atoms with Crippen molar-refractivity contribution in [3.63, 3.8) is 0 Å². The van der Waals surface area contributed by atoms with Crippen LogP contribution in [-0.4, -0.2) is 26.3 Å². The smallest absolute Gasteiger partial charge is 0.338 e. The van der Waals surface area contributed by atoms with E-state index >= 15 is 0 Å². The Bertz CT molecular complexity index is 517. The average Bonchev–Trinajstić information content (AvgIpc) is 2.61. The third-order valence-corrected chi connectivity index (χ3v) is 2.18. The summed E-state index contributed by atoms with van der Waals surface area (Å²) in [4.78, 5) is 13.2. The van der Waals surface area contributed by atoms with Gasteiger partial charge in [-0.25, -0.2) is 4.79 Å². The molecule has 0 bridgehead atoms. The summed E-state index contributed by atoms with van der Waals surface area (Å²) in [5.74, 6) is -1.31. The molecule has 0 aliphatic heterocycles. The minimum Gasteiger partial charge on any atom is -0.506 e. The summed E-state index contributed by atoms with van der Waals surface area (Å²) in [7, 11) is 0. The molecule has 0 saturated carbocycles. The second-order valence-electron chi connectivity index (χ2n) is 3.21. The molecule has 0 amide bonds. The molecule has 1 atom stereocenters. The molecule has 0 spiro atoms. The minimum absolute atomic E-state index is 0.0244. The summed E-state index contributed by atoms with van der Waals surface area (Å²) in [6, 6.07) is 6.33. The van der Waals surface area contributed by atoms with Gasteiger partial charge in [0.05, 0.1) is 11.2 Å². The van der Waals surface area contributed by atoms with Crippen molar-refractivity contribution in [2.45, 2.75) is 6.10 Å². The highest BCUT2D eigenvalue weighted by Crippen LogP contribution is 2.26. The first kappa shape index (κ1) is 9.54. The number of aliphatic hydroxyl groups excluding tert-OH is 1. The van der Waals surface area contributed by atoms with E-state index in [-0.39, 0.29) is 11.4 Å². The van der Waals surface area contributed by atoms with Gasteiger partial charge in [0.15, 0.2) is 6.10 Å². The molecule has 0 aliphatic rings. The zero-order valence-electron chi connectivity index (χ0n) is 7.64. The number of rotatable bonds is 2. The molecule has 15 heavy (non-hydrogen) atoms. The second kappa shape index (κ2) is 3.29. The fraction of sp³-hybridized carbons (Fsp3) is 0.100. The van der Waals surface area contributed by atoms with Gasteiger partial charge in [-0.1, -0.05) is 12.1 Å². The molecule has 1 aromatic carbocycles. The van der Waals surface area contributed by atoms with Crippen LogP contribution in [0.1, 0.15) is 11.8 Å². The van der Waals surface area contributed by atoms with Gasteiger partial charge >= 0.3 is 5.97 Å². The van der Waals surface area contributed by atoms with Crippen LogP contribution in [0, 0.1) is 0 Å². The molecule has 4 N–H and O–H groups in total. The second-order valence-corrected chi connectivity index (χ2v) is 3.21. The van der Waals surface area contributed by atoms with Crippen LogP contribution in [0.2, 0.25) is 0 Å². The van der Waals surface area contributed by atoms with Crippen molar-refractivity contribution in [3.8, 4) is 5.75 Å². The van der Waals surface area contributed by atoms with E-state index in [0.717, 1.165) is 0 Å². The predicted octanol–water partition coefficient (Wildman–Crippen LogP) is 0.991. The lowest BCUT2D eigenvalue weighted by Crippen LogP contribution is -2.10. The molecule has 0 radical (unpaired) electrons. The number of nitrogens with one attached hydrogen (secondary N) is 1. The molecule has 5 nitrogen and oxygen atoms in total. The van der Waals surface area contributed by atoms with Gasteiger partial charge in [-0.05, 0) is 12.1 Å². The number of aliphatic carboxylic acids is 1. The number of phenols is 1. The number of aliphatic hydroxyl groups is 1. The Hall–Kier alpha value is -2.01. The normalized spacial score (nSPS) is 12.9. The average molecular weight is 207 g/mol. The molecule has 1 aromatic heterocycles. The van der Waals surface area contributed by atoms with Gasteiger partial charge in [0.1, 0.15) is 5.75 Å². The Labute approximate surface area is 84.6 Å². The number of carbonyl (C=O) groups is 1. The lowest BCUT2D eigenvalue weighted by Gasteiger charge is -2.00. The van der Waals surface area contributed by atoms with E-state index in [4.69, 9.17) is 5.11 Å². The van der Waals surface area contributed by atoms with Crippen LogP contribution in [-0.2, 0) is 4.79 Å². The maximum absolute atomic E-state index is 10.5. The first-order valence-electron chi connectivity index (χ1n) is 4.31. The summed E-state index contributed by atoms with van der Waals surface area (Å²) < 4.78 is 0. The van der Waals surface area contributed by atoms with Gasteiger partial charge in [-0.3, -0.25) is 0 Å². The number of para-hydroxylation sites is 1. The number of aromatic nitrogens is 1. The molecular formula is C10H9NO4. The Morgan fingerprint density at radius 3 is 2.73 bits per heavy atom. The lowest BCUT2D eigenvalue weighted by molar-refractivity contribution is -0.147. The lowest BCUT2D eigenvalue weighted by atomic mass is 10.2. The Morgan fingerprint density at radius 2 is 2.13 bits per heavy atom. The van der Waals surface area contributed by atoms with Crippen LogP contribution in [0.15, 0.2) is 24.3 Å². The van der Waals surface area contributed by atoms with Crippen LogP contribution in [0.3, 0.4) is 0 Å². The first-order chi connectivity index (χ1) is 7.09. The molecule has 0 saturated heterocycles. The highest BCUT2D eigenvalue weighted by atomic mass is 16.4. The fourth-order valence-corrected chi connectivity index (χ4v) is 1.44. The molecule has 2 aromatic rings. The van der Waals surface area contributed by atoms with Gasteiger partial charge in [0, 0.05) is 5.39 Å². The number of hydrogen-bond donors (Lipinski definition) is 4. The van der Waals surface area contributed by atoms with Gasteiger partial charge < -0.3 is 20.3 Å². The Morgan fingerprint density at radius 1 is 1.40 bits per heavy atom. The largest absolute Gasteiger partial charge is 0.506 e.